The summed E-state index contributed by atoms with van der Waals surface area (Å²) in [4.78, 5) is 37.8. The number of ketones is 1. The van der Waals surface area contributed by atoms with Gasteiger partial charge in [-0.1, -0.05) is 6.92 Å². The number of Topliss-reactive ketones (excluding diaryl/α,β-unsaturated/α-hetero) is 1. The summed E-state index contributed by atoms with van der Waals surface area (Å²) in [5.74, 6) is -2.36. The van der Waals surface area contributed by atoms with Crippen LogP contribution in [-0.2, 0) is 19.1 Å². The molecule has 0 saturated carbocycles. The molecular weight excluding hydrogens is 290 g/mol. The molecule has 0 aliphatic rings. The first kappa shape index (κ1) is 19.9. The summed E-state index contributed by atoms with van der Waals surface area (Å²) in [6.45, 7) is 6.32. The van der Waals surface area contributed by atoms with E-state index in [0.29, 0.717) is 0 Å². The minimum Gasteiger partial charge on any atom is -0.461 e. The second-order valence-corrected chi connectivity index (χ2v) is 5.33. The average molecular weight is 313 g/mol. The third-order valence-corrected chi connectivity index (χ3v) is 2.97. The second-order valence-electron chi connectivity index (χ2n) is 5.33. The molecule has 0 rings (SSSR count). The predicted octanol–water partition coefficient (Wildman–Crippen LogP) is 0.0896. The number of aliphatic hydroxyl groups excluding tert-OH is 1. The van der Waals surface area contributed by atoms with Crippen molar-refractivity contribution < 1.29 is 29.0 Å². The van der Waals surface area contributed by atoms with E-state index < -0.39 is 35.7 Å². The van der Waals surface area contributed by atoms with Crippen molar-refractivity contribution in [3.8, 4) is 0 Å². The number of carbonyl (C=O) groups is 3. The molecule has 8 nitrogen and oxygen atoms in total. The lowest BCUT2D eigenvalue weighted by molar-refractivity contribution is -0.152. The van der Waals surface area contributed by atoms with Crippen molar-refractivity contribution in [2.24, 2.45) is 5.92 Å². The van der Waals surface area contributed by atoms with E-state index in [4.69, 9.17) is 10.3 Å². The molecular formula is C14H23N3O5. The van der Waals surface area contributed by atoms with Gasteiger partial charge in [0.05, 0.1) is 18.1 Å². The quantitative estimate of drug-likeness (QED) is 0.270. The van der Waals surface area contributed by atoms with Gasteiger partial charge in [-0.3, -0.25) is 9.59 Å². The van der Waals surface area contributed by atoms with Gasteiger partial charge in [0.15, 0.2) is 0 Å². The molecule has 0 heterocycles. The number of rotatable bonds is 9. The molecule has 0 aliphatic heterocycles. The highest BCUT2D eigenvalue weighted by atomic mass is 16.5. The lowest BCUT2D eigenvalue weighted by atomic mass is 10.0. The fourth-order valence-electron chi connectivity index (χ4n) is 1.50. The molecule has 0 fully saturated rings. The number of hydrogen-bond donors (Lipinski definition) is 2. The van der Waals surface area contributed by atoms with Gasteiger partial charge in [0, 0.05) is 6.42 Å². The molecule has 8 heteroatoms. The van der Waals surface area contributed by atoms with Gasteiger partial charge >= 0.3 is 12.2 Å². The Morgan fingerprint density at radius 2 is 1.86 bits per heavy atom. The van der Waals surface area contributed by atoms with Crippen LogP contribution in [0.4, 0.5) is 0 Å². The van der Waals surface area contributed by atoms with E-state index in [9.17, 15) is 19.5 Å². The van der Waals surface area contributed by atoms with Crippen LogP contribution >= 0.6 is 0 Å². The Hall–Kier alpha value is -2.05. The summed E-state index contributed by atoms with van der Waals surface area (Å²) in [7, 11) is 0. The smallest absolute Gasteiger partial charge is 0.328 e. The normalized spacial score (nSPS) is 14.5. The monoisotopic (exact) mass is 313 g/mol. The first-order valence-electron chi connectivity index (χ1n) is 7.08. The number of amides is 1. The molecule has 0 aromatic heterocycles. The lowest BCUT2D eigenvalue weighted by Gasteiger charge is -2.21. The molecule has 22 heavy (non-hydrogen) atoms. The zero-order valence-electron chi connectivity index (χ0n) is 13.3. The van der Waals surface area contributed by atoms with Gasteiger partial charge in [-0.15, -0.1) is 0 Å². The Morgan fingerprint density at radius 1 is 1.27 bits per heavy atom. The number of aliphatic hydroxyl groups is 1. The van der Waals surface area contributed by atoms with Gasteiger partial charge in [0.2, 0.25) is 11.7 Å². The summed E-state index contributed by atoms with van der Waals surface area (Å²) in [6, 6.07) is -1.01. The van der Waals surface area contributed by atoms with Crippen LogP contribution in [0.5, 0.6) is 0 Å². The van der Waals surface area contributed by atoms with Crippen molar-refractivity contribution in [2.75, 3.05) is 0 Å². The second kappa shape index (κ2) is 9.81. The van der Waals surface area contributed by atoms with Crippen LogP contribution in [0, 0.1) is 5.92 Å². The largest absolute Gasteiger partial charge is 0.461 e. The zero-order valence-corrected chi connectivity index (χ0v) is 13.3. The molecule has 0 spiro atoms. The summed E-state index contributed by atoms with van der Waals surface area (Å²) in [5.41, 5.74) is 8.27. The molecule has 0 radical (unpaired) electrons. The third kappa shape index (κ3) is 7.66. The van der Waals surface area contributed by atoms with Crippen molar-refractivity contribution in [3.63, 3.8) is 0 Å². The van der Waals surface area contributed by atoms with E-state index in [0.717, 1.165) is 6.21 Å². The molecule has 0 aromatic carbocycles. The topological polar surface area (TPSA) is 129 Å². The van der Waals surface area contributed by atoms with Crippen LogP contribution < -0.4 is 5.32 Å². The van der Waals surface area contributed by atoms with Crippen LogP contribution in [0.15, 0.2) is 0 Å². The number of carbonyl (C=O) groups excluding carboxylic acids is 3. The number of nitrogens with zero attached hydrogens (tertiary/aromatic N) is 2. The highest BCUT2D eigenvalue weighted by Gasteiger charge is 2.27. The molecule has 0 saturated heterocycles. The Morgan fingerprint density at radius 3 is 2.32 bits per heavy atom. The average Bonchev–Trinajstić information content (AvgIpc) is 2.41. The molecule has 0 bridgehead atoms. The molecule has 0 aromatic rings. The Labute approximate surface area is 129 Å². The van der Waals surface area contributed by atoms with Gasteiger partial charge < -0.3 is 20.7 Å². The lowest BCUT2D eigenvalue weighted by Crippen LogP contribution is -2.46. The fraction of sp³-hybridized carbons (Fsp3) is 0.714. The van der Waals surface area contributed by atoms with Crippen LogP contribution in [0.3, 0.4) is 0 Å². The maximum absolute atomic E-state index is 12.0. The van der Waals surface area contributed by atoms with Crippen LogP contribution in [-0.4, -0.2) is 52.0 Å². The third-order valence-electron chi connectivity index (χ3n) is 2.97. The van der Waals surface area contributed by atoms with E-state index >= 15 is 0 Å². The highest BCUT2D eigenvalue weighted by molar-refractivity contribution is 6.25. The summed E-state index contributed by atoms with van der Waals surface area (Å²) >= 11 is 0. The molecule has 0 aliphatic carbocycles. The Balaban J connectivity index is 4.85. The number of nitrogens with one attached hydrogen (secondary N) is 1. The SMILES string of the molecule is CC(C)OC(=O)[C@H](CCC(=O)C=[N+]=[N-])NC(=O)[C@@H](C)[C@@H](C)O. The van der Waals surface area contributed by atoms with Gasteiger partial charge in [-0.2, -0.15) is 4.79 Å². The van der Waals surface area contributed by atoms with Gasteiger partial charge in [-0.05, 0) is 27.2 Å². The van der Waals surface area contributed by atoms with Gasteiger partial charge in [0.1, 0.15) is 6.04 Å². The summed E-state index contributed by atoms with van der Waals surface area (Å²) in [6.07, 6.45) is -0.592. The van der Waals surface area contributed by atoms with E-state index in [-0.39, 0.29) is 18.9 Å². The van der Waals surface area contributed by atoms with E-state index in [1.54, 1.807) is 13.8 Å². The Bertz CT molecular complexity index is 455. The summed E-state index contributed by atoms with van der Waals surface area (Å²) < 4.78 is 5.04. The van der Waals surface area contributed by atoms with E-state index in [1.807, 2.05) is 0 Å². The van der Waals surface area contributed by atoms with E-state index in [2.05, 4.69) is 10.1 Å². The minimum absolute atomic E-state index is 0.00861. The predicted molar refractivity (Wildman–Crippen MR) is 77.9 cm³/mol. The number of hydrogen-bond acceptors (Lipinski definition) is 5. The van der Waals surface area contributed by atoms with Crippen molar-refractivity contribution >= 4 is 23.9 Å². The van der Waals surface area contributed by atoms with Crippen molar-refractivity contribution in [1.82, 2.24) is 5.32 Å². The zero-order chi connectivity index (χ0) is 17.3. The standard InChI is InChI=1S/C14H23N3O5/c1-8(2)22-14(21)12(6-5-11(19)7-16-15)17-13(20)9(3)10(4)18/h7-10,12,18H,5-6H2,1-4H3,(H,17,20)/t9-,10+,12-/m0/s1. The molecule has 3 atom stereocenters. The molecule has 124 valence electrons. The van der Waals surface area contributed by atoms with Crippen molar-refractivity contribution in [3.05, 3.63) is 5.53 Å². The van der Waals surface area contributed by atoms with Gasteiger partial charge in [0.25, 0.3) is 0 Å². The maximum Gasteiger partial charge on any atom is 0.328 e. The molecule has 1 amide bonds. The van der Waals surface area contributed by atoms with Crippen LogP contribution in [0.1, 0.15) is 40.5 Å². The summed E-state index contributed by atoms with van der Waals surface area (Å²) in [5, 5.41) is 11.9. The Kier molecular flexibility index (Phi) is 8.89. The van der Waals surface area contributed by atoms with Crippen molar-refractivity contribution in [2.45, 2.75) is 58.8 Å². The van der Waals surface area contributed by atoms with Crippen LogP contribution in [0.2, 0.25) is 0 Å². The number of esters is 1. The van der Waals surface area contributed by atoms with Gasteiger partial charge in [-0.25, -0.2) is 4.79 Å². The highest BCUT2D eigenvalue weighted by Crippen LogP contribution is 2.07. The molecule has 0 unspecified atom stereocenters. The fourth-order valence-corrected chi connectivity index (χ4v) is 1.50. The number of ether oxygens (including phenoxy) is 1. The first-order valence-corrected chi connectivity index (χ1v) is 7.08. The maximum atomic E-state index is 12.0. The van der Waals surface area contributed by atoms with Crippen LogP contribution in [0.25, 0.3) is 5.53 Å². The first-order chi connectivity index (χ1) is 10.2. The van der Waals surface area contributed by atoms with Crippen molar-refractivity contribution in [1.29, 1.82) is 0 Å². The minimum atomic E-state index is -1.01. The molecule has 2 N–H and O–H groups in total. The van der Waals surface area contributed by atoms with E-state index in [1.165, 1.54) is 13.8 Å².